The first-order valence-electron chi connectivity index (χ1n) is 11.5. The fraction of sp³-hybridized carbons (Fsp3) is 0.321. The number of rotatable bonds is 11. The Morgan fingerprint density at radius 2 is 1.41 bits per heavy atom. The van der Waals surface area contributed by atoms with E-state index in [0.717, 1.165) is 24.0 Å². The molecule has 0 aromatic heterocycles. The van der Waals surface area contributed by atoms with Gasteiger partial charge in [0, 0.05) is 25.1 Å². The van der Waals surface area contributed by atoms with Gasteiger partial charge in [0.25, 0.3) is 0 Å². The van der Waals surface area contributed by atoms with Crippen molar-refractivity contribution < 1.29 is 9.90 Å². The van der Waals surface area contributed by atoms with Crippen molar-refractivity contribution in [3.05, 3.63) is 108 Å². The van der Waals surface area contributed by atoms with Crippen molar-refractivity contribution in [2.75, 3.05) is 26.2 Å². The summed E-state index contributed by atoms with van der Waals surface area (Å²) in [6, 6.07) is 31.0. The fourth-order valence-corrected chi connectivity index (χ4v) is 4.48. The smallest absolute Gasteiger partial charge is 0.234 e. The number of nitrogens with one attached hydrogen (secondary N) is 1. The van der Waals surface area contributed by atoms with Gasteiger partial charge in [-0.1, -0.05) is 91.0 Å². The van der Waals surface area contributed by atoms with E-state index in [1.54, 1.807) is 0 Å². The molecule has 1 saturated carbocycles. The Morgan fingerprint density at radius 1 is 0.875 bits per heavy atom. The van der Waals surface area contributed by atoms with E-state index in [1.165, 1.54) is 5.56 Å². The molecule has 32 heavy (non-hydrogen) atoms. The van der Waals surface area contributed by atoms with Gasteiger partial charge in [-0.05, 0) is 36.0 Å². The lowest BCUT2D eigenvalue weighted by atomic mass is 9.95. The molecular weight excluding hydrogens is 396 g/mol. The molecule has 0 aliphatic heterocycles. The lowest BCUT2D eigenvalue weighted by Gasteiger charge is -2.32. The van der Waals surface area contributed by atoms with Gasteiger partial charge in [-0.15, -0.1) is 0 Å². The normalized spacial score (nSPS) is 14.5. The SMILES string of the molecule is O=C(CN(CCCO)C(c1ccccc1)c1ccccc1)NCC1(c2ccccc2)CC1. The lowest BCUT2D eigenvalue weighted by molar-refractivity contribution is -0.122. The van der Waals surface area contributed by atoms with Crippen molar-refractivity contribution in [3.8, 4) is 0 Å². The summed E-state index contributed by atoms with van der Waals surface area (Å²) in [5, 5.41) is 12.7. The van der Waals surface area contributed by atoms with Crippen LogP contribution in [0.4, 0.5) is 0 Å². The summed E-state index contributed by atoms with van der Waals surface area (Å²) < 4.78 is 0. The van der Waals surface area contributed by atoms with Crippen LogP contribution in [-0.2, 0) is 10.2 Å². The van der Waals surface area contributed by atoms with Gasteiger partial charge >= 0.3 is 0 Å². The first-order chi connectivity index (χ1) is 15.7. The molecule has 2 N–H and O–H groups in total. The summed E-state index contributed by atoms with van der Waals surface area (Å²) in [7, 11) is 0. The van der Waals surface area contributed by atoms with E-state index in [1.807, 2.05) is 42.5 Å². The summed E-state index contributed by atoms with van der Waals surface area (Å²) in [6.45, 7) is 1.71. The first kappa shape index (κ1) is 22.3. The number of hydrogen-bond acceptors (Lipinski definition) is 3. The summed E-state index contributed by atoms with van der Waals surface area (Å²) >= 11 is 0. The Kier molecular flexibility index (Phi) is 7.35. The highest BCUT2D eigenvalue weighted by Crippen LogP contribution is 2.47. The third-order valence-electron chi connectivity index (χ3n) is 6.41. The second kappa shape index (κ2) is 10.6. The van der Waals surface area contributed by atoms with Crippen molar-refractivity contribution in [2.24, 2.45) is 0 Å². The third kappa shape index (κ3) is 5.45. The lowest BCUT2D eigenvalue weighted by Crippen LogP contribution is -2.42. The number of benzene rings is 3. The van der Waals surface area contributed by atoms with Crippen LogP contribution in [0.1, 0.15) is 42.0 Å². The highest BCUT2D eigenvalue weighted by Gasteiger charge is 2.44. The Labute approximate surface area is 190 Å². The van der Waals surface area contributed by atoms with Crippen LogP contribution in [0.25, 0.3) is 0 Å². The van der Waals surface area contributed by atoms with E-state index in [0.29, 0.717) is 26.1 Å². The first-order valence-corrected chi connectivity index (χ1v) is 11.5. The predicted octanol–water partition coefficient (Wildman–Crippen LogP) is 4.31. The molecule has 0 saturated heterocycles. The molecule has 3 aromatic carbocycles. The Hall–Kier alpha value is -2.95. The molecule has 4 rings (SSSR count). The molecule has 0 spiro atoms. The zero-order chi connectivity index (χ0) is 22.2. The quantitative estimate of drug-likeness (QED) is 0.479. The van der Waals surface area contributed by atoms with Crippen LogP contribution in [0, 0.1) is 0 Å². The fourth-order valence-electron chi connectivity index (χ4n) is 4.48. The topological polar surface area (TPSA) is 52.6 Å². The van der Waals surface area contributed by atoms with Gasteiger partial charge in [-0.2, -0.15) is 0 Å². The van der Waals surface area contributed by atoms with Crippen LogP contribution in [-0.4, -0.2) is 42.2 Å². The van der Waals surface area contributed by atoms with E-state index < -0.39 is 0 Å². The molecule has 3 aromatic rings. The predicted molar refractivity (Wildman–Crippen MR) is 128 cm³/mol. The molecule has 0 heterocycles. The maximum Gasteiger partial charge on any atom is 0.234 e. The number of amides is 1. The van der Waals surface area contributed by atoms with Gasteiger partial charge in [0.05, 0.1) is 12.6 Å². The average molecular weight is 429 g/mol. The number of carbonyl (C=O) groups excluding carboxylic acids is 1. The molecule has 166 valence electrons. The van der Waals surface area contributed by atoms with Gasteiger partial charge < -0.3 is 10.4 Å². The van der Waals surface area contributed by atoms with Gasteiger partial charge in [0.1, 0.15) is 0 Å². The molecule has 1 aliphatic carbocycles. The molecule has 1 fully saturated rings. The highest BCUT2D eigenvalue weighted by molar-refractivity contribution is 5.78. The Morgan fingerprint density at radius 3 is 1.91 bits per heavy atom. The molecule has 0 bridgehead atoms. The summed E-state index contributed by atoms with van der Waals surface area (Å²) in [5.41, 5.74) is 3.69. The number of aliphatic hydroxyl groups excluding tert-OH is 1. The van der Waals surface area contributed by atoms with E-state index >= 15 is 0 Å². The summed E-state index contributed by atoms with van der Waals surface area (Å²) in [5.74, 6) is 0.0296. The molecule has 0 radical (unpaired) electrons. The van der Waals surface area contributed by atoms with Gasteiger partial charge in [-0.3, -0.25) is 9.69 Å². The second-order valence-electron chi connectivity index (χ2n) is 8.69. The zero-order valence-electron chi connectivity index (χ0n) is 18.5. The molecule has 1 amide bonds. The van der Waals surface area contributed by atoms with Crippen molar-refractivity contribution in [2.45, 2.75) is 30.7 Å². The Bertz CT molecular complexity index is 933. The summed E-state index contributed by atoms with van der Waals surface area (Å²) in [4.78, 5) is 15.3. The third-order valence-corrected chi connectivity index (χ3v) is 6.41. The van der Waals surface area contributed by atoms with Crippen LogP contribution in [0.5, 0.6) is 0 Å². The monoisotopic (exact) mass is 428 g/mol. The number of hydrogen-bond donors (Lipinski definition) is 2. The van der Waals surface area contributed by atoms with Gasteiger partial charge in [0.15, 0.2) is 0 Å². The maximum absolute atomic E-state index is 13.1. The van der Waals surface area contributed by atoms with Crippen molar-refractivity contribution >= 4 is 5.91 Å². The minimum absolute atomic E-state index is 0.0296. The van der Waals surface area contributed by atoms with Gasteiger partial charge in [0.2, 0.25) is 5.91 Å². The van der Waals surface area contributed by atoms with Crippen LogP contribution in [0.15, 0.2) is 91.0 Å². The number of carbonyl (C=O) groups is 1. The van der Waals surface area contributed by atoms with Crippen molar-refractivity contribution in [1.82, 2.24) is 10.2 Å². The van der Waals surface area contributed by atoms with Crippen LogP contribution in [0.2, 0.25) is 0 Å². The van der Waals surface area contributed by atoms with Crippen molar-refractivity contribution in [1.29, 1.82) is 0 Å². The molecule has 1 aliphatic rings. The number of nitrogens with zero attached hydrogens (tertiary/aromatic N) is 1. The zero-order valence-corrected chi connectivity index (χ0v) is 18.5. The average Bonchev–Trinajstić information content (AvgIpc) is 3.64. The van der Waals surface area contributed by atoms with Gasteiger partial charge in [-0.25, -0.2) is 0 Å². The van der Waals surface area contributed by atoms with Crippen LogP contribution < -0.4 is 5.32 Å². The van der Waals surface area contributed by atoms with Crippen molar-refractivity contribution in [3.63, 3.8) is 0 Å². The summed E-state index contributed by atoms with van der Waals surface area (Å²) in [6.07, 6.45) is 2.85. The van der Waals surface area contributed by atoms with E-state index in [9.17, 15) is 9.90 Å². The van der Waals surface area contributed by atoms with E-state index in [4.69, 9.17) is 0 Å². The van der Waals surface area contributed by atoms with E-state index in [-0.39, 0.29) is 24.0 Å². The van der Waals surface area contributed by atoms with Crippen LogP contribution in [0.3, 0.4) is 0 Å². The minimum atomic E-state index is -0.0429. The highest BCUT2D eigenvalue weighted by atomic mass is 16.3. The maximum atomic E-state index is 13.1. The molecule has 0 atom stereocenters. The molecular formula is C28H32N2O2. The Balaban J connectivity index is 1.50. The van der Waals surface area contributed by atoms with Crippen LogP contribution >= 0.6 is 0 Å². The molecule has 4 heteroatoms. The number of aliphatic hydroxyl groups is 1. The molecule has 4 nitrogen and oxygen atoms in total. The minimum Gasteiger partial charge on any atom is -0.396 e. The van der Waals surface area contributed by atoms with E-state index in [2.05, 4.69) is 58.7 Å². The largest absolute Gasteiger partial charge is 0.396 e. The standard InChI is InChI=1S/C28H32N2O2/c31-20-10-19-30(27(23-11-4-1-5-12-23)24-13-6-2-7-14-24)21-26(32)29-22-28(17-18-28)25-15-8-3-9-16-25/h1-9,11-16,27,31H,10,17-22H2,(H,29,32). The molecule has 0 unspecified atom stereocenters. The second-order valence-corrected chi connectivity index (χ2v) is 8.69.